The van der Waals surface area contributed by atoms with Gasteiger partial charge < -0.3 is 14.1 Å². The van der Waals surface area contributed by atoms with Crippen LogP contribution in [-0.2, 0) is 0 Å². The van der Waals surface area contributed by atoms with Gasteiger partial charge in [0.2, 0.25) is 0 Å². The summed E-state index contributed by atoms with van der Waals surface area (Å²) in [6.07, 6.45) is 1.73. The summed E-state index contributed by atoms with van der Waals surface area (Å²) in [6.45, 7) is 0. The van der Waals surface area contributed by atoms with Crippen molar-refractivity contribution >= 4 is 26.8 Å². The molecule has 18 heavy (non-hydrogen) atoms. The van der Waals surface area contributed by atoms with Crippen LogP contribution in [0.3, 0.4) is 0 Å². The van der Waals surface area contributed by atoms with E-state index in [0.717, 1.165) is 21.1 Å². The Labute approximate surface area is 109 Å². The molecule has 3 rings (SSSR count). The van der Waals surface area contributed by atoms with Gasteiger partial charge in [-0.25, -0.2) is 9.89 Å². The monoisotopic (exact) mass is 309 g/mol. The smallest absolute Gasteiger partial charge is 0.434 e. The highest BCUT2D eigenvalue weighted by molar-refractivity contribution is 9.10. The fourth-order valence-corrected chi connectivity index (χ4v) is 2.31. The van der Waals surface area contributed by atoms with Gasteiger partial charge in [0.15, 0.2) is 0 Å². The lowest BCUT2D eigenvalue weighted by molar-refractivity contribution is 0.413. The minimum absolute atomic E-state index is 0.253. The zero-order valence-corrected chi connectivity index (χ0v) is 10.9. The average molecular weight is 310 g/mol. The van der Waals surface area contributed by atoms with Gasteiger partial charge in [-0.1, -0.05) is 0 Å². The van der Waals surface area contributed by atoms with E-state index in [9.17, 15) is 4.79 Å². The first-order valence-electron chi connectivity index (χ1n) is 5.09. The second-order valence-electron chi connectivity index (χ2n) is 3.65. The zero-order chi connectivity index (χ0) is 12.7. The van der Waals surface area contributed by atoms with Crippen molar-refractivity contribution in [1.29, 1.82) is 0 Å². The highest BCUT2D eigenvalue weighted by atomic mass is 79.9. The summed E-state index contributed by atoms with van der Waals surface area (Å²) in [6, 6.07) is 3.74. The molecular weight excluding hydrogens is 302 g/mol. The Kier molecular flexibility index (Phi) is 2.48. The number of rotatable bonds is 2. The predicted octanol–water partition coefficient (Wildman–Crippen LogP) is 2.28. The second kappa shape index (κ2) is 4.02. The van der Waals surface area contributed by atoms with Gasteiger partial charge in [-0.2, -0.15) is 0 Å². The first kappa shape index (κ1) is 11.1. The van der Waals surface area contributed by atoms with Crippen LogP contribution in [0.15, 0.2) is 32.0 Å². The van der Waals surface area contributed by atoms with E-state index in [-0.39, 0.29) is 5.89 Å². The van der Waals surface area contributed by atoms with Crippen molar-refractivity contribution in [2.24, 2.45) is 0 Å². The number of nitrogens with one attached hydrogen (secondary N) is 2. The maximum Gasteiger partial charge on any atom is 0.434 e. The standard InChI is InChI=1S/C11H8BrN3O3/c1-17-9-3-8-5(2-7(9)12)6(4-13-8)10-14-15-11(16)18-10/h2-4,13H,1H3,(H,15,16). The average Bonchev–Trinajstić information content (AvgIpc) is 2.94. The molecule has 6 nitrogen and oxygen atoms in total. The fraction of sp³-hybridized carbons (Fsp3) is 0.0909. The third-order valence-electron chi connectivity index (χ3n) is 2.62. The molecule has 0 bridgehead atoms. The van der Waals surface area contributed by atoms with Gasteiger partial charge in [0.05, 0.1) is 17.1 Å². The summed E-state index contributed by atoms with van der Waals surface area (Å²) in [5.41, 5.74) is 1.59. The van der Waals surface area contributed by atoms with Crippen LogP contribution in [0, 0.1) is 0 Å². The van der Waals surface area contributed by atoms with E-state index >= 15 is 0 Å². The topological polar surface area (TPSA) is 83.9 Å². The van der Waals surface area contributed by atoms with Crippen molar-refractivity contribution in [2.75, 3.05) is 7.11 Å². The van der Waals surface area contributed by atoms with E-state index in [1.54, 1.807) is 13.3 Å². The summed E-state index contributed by atoms with van der Waals surface area (Å²) >= 11 is 3.41. The first-order valence-corrected chi connectivity index (χ1v) is 5.89. The Bertz CT molecular complexity index is 771. The first-order chi connectivity index (χ1) is 8.69. The molecule has 0 aliphatic rings. The third-order valence-corrected chi connectivity index (χ3v) is 3.24. The molecule has 0 spiro atoms. The van der Waals surface area contributed by atoms with Gasteiger partial charge in [0, 0.05) is 23.2 Å². The third kappa shape index (κ3) is 1.63. The Morgan fingerprint density at radius 3 is 2.94 bits per heavy atom. The molecule has 2 aromatic heterocycles. The number of fused-ring (bicyclic) bond motifs is 1. The lowest BCUT2D eigenvalue weighted by Gasteiger charge is -2.03. The number of hydrogen-bond donors (Lipinski definition) is 2. The van der Waals surface area contributed by atoms with Gasteiger partial charge in [-0.15, -0.1) is 5.10 Å². The van der Waals surface area contributed by atoms with Crippen LogP contribution in [0.2, 0.25) is 0 Å². The number of hydrogen-bond acceptors (Lipinski definition) is 4. The molecular formula is C11H8BrN3O3. The van der Waals surface area contributed by atoms with Crippen molar-refractivity contribution in [2.45, 2.75) is 0 Å². The molecule has 0 saturated carbocycles. The van der Waals surface area contributed by atoms with Crippen molar-refractivity contribution in [3.8, 4) is 17.2 Å². The van der Waals surface area contributed by atoms with E-state index in [1.807, 2.05) is 12.1 Å². The van der Waals surface area contributed by atoms with Gasteiger partial charge in [0.25, 0.3) is 5.89 Å². The lowest BCUT2D eigenvalue weighted by Crippen LogP contribution is -1.93. The van der Waals surface area contributed by atoms with E-state index in [0.29, 0.717) is 5.56 Å². The zero-order valence-electron chi connectivity index (χ0n) is 9.28. The second-order valence-corrected chi connectivity index (χ2v) is 4.51. The highest BCUT2D eigenvalue weighted by Crippen LogP contribution is 2.34. The molecule has 2 N–H and O–H groups in total. The number of H-pyrrole nitrogens is 2. The molecule has 0 aliphatic carbocycles. The van der Waals surface area contributed by atoms with Crippen molar-refractivity contribution in [3.63, 3.8) is 0 Å². The maximum absolute atomic E-state index is 11.0. The Morgan fingerprint density at radius 1 is 1.44 bits per heavy atom. The molecule has 0 amide bonds. The number of aromatic nitrogens is 3. The highest BCUT2D eigenvalue weighted by Gasteiger charge is 2.13. The number of aromatic amines is 2. The van der Waals surface area contributed by atoms with Gasteiger partial charge in [0.1, 0.15) is 5.75 Å². The largest absolute Gasteiger partial charge is 0.495 e. The summed E-state index contributed by atoms with van der Waals surface area (Å²) in [5, 5.41) is 6.93. The van der Waals surface area contributed by atoms with Crippen LogP contribution in [0.4, 0.5) is 0 Å². The van der Waals surface area contributed by atoms with Crippen LogP contribution in [0.25, 0.3) is 22.4 Å². The van der Waals surface area contributed by atoms with Gasteiger partial charge in [-0.3, -0.25) is 0 Å². The summed E-state index contributed by atoms with van der Waals surface area (Å²) in [7, 11) is 1.60. The number of benzene rings is 1. The van der Waals surface area contributed by atoms with E-state index in [1.165, 1.54) is 0 Å². The van der Waals surface area contributed by atoms with Crippen LogP contribution in [-0.4, -0.2) is 22.3 Å². The Hall–Kier alpha value is -2.02. The molecule has 0 aliphatic heterocycles. The fourth-order valence-electron chi connectivity index (χ4n) is 1.80. The molecule has 92 valence electrons. The Balaban J connectivity index is 2.26. The van der Waals surface area contributed by atoms with Gasteiger partial charge >= 0.3 is 5.76 Å². The summed E-state index contributed by atoms with van der Waals surface area (Å²) in [5.74, 6) is 0.398. The molecule has 0 atom stereocenters. The molecule has 0 saturated heterocycles. The Morgan fingerprint density at radius 2 is 2.28 bits per heavy atom. The summed E-state index contributed by atoms with van der Waals surface area (Å²) in [4.78, 5) is 14.0. The van der Waals surface area contributed by atoms with E-state index in [2.05, 4.69) is 31.1 Å². The minimum atomic E-state index is -0.577. The van der Waals surface area contributed by atoms with Crippen molar-refractivity contribution in [1.82, 2.24) is 15.2 Å². The van der Waals surface area contributed by atoms with Crippen LogP contribution >= 0.6 is 15.9 Å². The molecule has 0 unspecified atom stereocenters. The molecule has 0 fully saturated rings. The normalized spacial score (nSPS) is 11.0. The van der Waals surface area contributed by atoms with Crippen molar-refractivity contribution in [3.05, 3.63) is 33.4 Å². The van der Waals surface area contributed by atoms with E-state index in [4.69, 9.17) is 9.15 Å². The van der Waals surface area contributed by atoms with Crippen LogP contribution < -0.4 is 10.5 Å². The molecule has 7 heteroatoms. The minimum Gasteiger partial charge on any atom is -0.495 e. The molecule has 2 heterocycles. The molecule has 0 radical (unpaired) electrons. The number of ether oxygens (including phenoxy) is 1. The van der Waals surface area contributed by atoms with E-state index < -0.39 is 5.76 Å². The number of nitrogens with zero attached hydrogens (tertiary/aromatic N) is 1. The SMILES string of the molecule is COc1cc2[nH]cc(-c3n[nH]c(=O)o3)c2cc1Br. The van der Waals surface area contributed by atoms with Gasteiger partial charge in [-0.05, 0) is 22.0 Å². The quantitative estimate of drug-likeness (QED) is 0.760. The lowest BCUT2D eigenvalue weighted by atomic mass is 10.1. The van der Waals surface area contributed by atoms with Crippen LogP contribution in [0.5, 0.6) is 5.75 Å². The maximum atomic E-state index is 11.0. The molecule has 1 aromatic carbocycles. The summed E-state index contributed by atoms with van der Waals surface area (Å²) < 4.78 is 11.0. The number of methoxy groups -OCH3 is 1. The van der Waals surface area contributed by atoms with Crippen molar-refractivity contribution < 1.29 is 9.15 Å². The predicted molar refractivity (Wildman–Crippen MR) is 68.7 cm³/mol. The molecule has 3 aromatic rings. The number of halogens is 1. The van der Waals surface area contributed by atoms with Crippen LogP contribution in [0.1, 0.15) is 0 Å².